The van der Waals surface area contributed by atoms with Gasteiger partial charge in [0.25, 0.3) is 11.8 Å². The van der Waals surface area contributed by atoms with Crippen LogP contribution in [0.2, 0.25) is 5.02 Å². The van der Waals surface area contributed by atoms with Crippen molar-refractivity contribution in [3.63, 3.8) is 0 Å². The van der Waals surface area contributed by atoms with E-state index >= 15 is 0 Å². The number of imide groups is 1. The number of carbonyl (C=O) groups is 3. The molecule has 1 aliphatic rings. The lowest BCUT2D eigenvalue weighted by Gasteiger charge is -2.13. The van der Waals surface area contributed by atoms with Crippen LogP contribution in [0.25, 0.3) is 11.6 Å². The Balaban J connectivity index is 1.35. The van der Waals surface area contributed by atoms with Crippen LogP contribution < -0.4 is 4.74 Å². The molecule has 0 atom stereocenters. The molecule has 0 spiro atoms. The minimum atomic E-state index is -0.479. The molecule has 0 N–H and O–H groups in total. The minimum absolute atomic E-state index is 0.0411. The SMILES string of the molecule is N#C/C(=C/c1cccc(OC(=O)CCCN2C(=O)c3ccccc3C2=O)c1)c1cccc(Cl)c1. The van der Waals surface area contributed by atoms with E-state index in [1.165, 1.54) is 0 Å². The highest BCUT2D eigenvalue weighted by molar-refractivity contribution is 6.30. The lowest BCUT2D eigenvalue weighted by molar-refractivity contribution is -0.134. The summed E-state index contributed by atoms with van der Waals surface area (Å²) in [6.07, 6.45) is 2.02. The molecule has 0 fully saturated rings. The van der Waals surface area contributed by atoms with Crippen LogP contribution in [0.5, 0.6) is 5.75 Å². The average molecular weight is 471 g/mol. The molecule has 0 aromatic heterocycles. The first kappa shape index (κ1) is 23.0. The van der Waals surface area contributed by atoms with Gasteiger partial charge in [-0.3, -0.25) is 19.3 Å². The van der Waals surface area contributed by atoms with E-state index in [0.29, 0.717) is 38.6 Å². The monoisotopic (exact) mass is 470 g/mol. The topological polar surface area (TPSA) is 87.5 Å². The molecule has 0 saturated carbocycles. The van der Waals surface area contributed by atoms with Gasteiger partial charge in [0.15, 0.2) is 0 Å². The normalized spacial score (nSPS) is 12.9. The van der Waals surface area contributed by atoms with E-state index in [-0.39, 0.29) is 31.2 Å². The van der Waals surface area contributed by atoms with Gasteiger partial charge in [-0.2, -0.15) is 5.26 Å². The Morgan fingerprint density at radius 1 is 0.971 bits per heavy atom. The summed E-state index contributed by atoms with van der Waals surface area (Å²) < 4.78 is 5.41. The number of benzene rings is 3. The molecule has 4 rings (SSSR count). The van der Waals surface area contributed by atoms with Gasteiger partial charge < -0.3 is 4.74 Å². The molecule has 1 heterocycles. The number of hydrogen-bond acceptors (Lipinski definition) is 5. The van der Waals surface area contributed by atoms with Gasteiger partial charge in [0.2, 0.25) is 0 Å². The van der Waals surface area contributed by atoms with E-state index in [4.69, 9.17) is 16.3 Å². The number of fused-ring (bicyclic) bond motifs is 1. The third-order valence-corrected chi connectivity index (χ3v) is 5.53. The van der Waals surface area contributed by atoms with E-state index in [1.54, 1.807) is 78.9 Å². The number of carbonyl (C=O) groups excluding carboxylic acids is 3. The molecule has 0 unspecified atom stereocenters. The summed E-state index contributed by atoms with van der Waals surface area (Å²) in [5.41, 5.74) is 2.56. The number of hydrogen-bond donors (Lipinski definition) is 0. The summed E-state index contributed by atoms with van der Waals surface area (Å²) in [5.74, 6) is -0.834. The Labute approximate surface area is 201 Å². The Morgan fingerprint density at radius 3 is 2.35 bits per heavy atom. The molecule has 0 aliphatic carbocycles. The lowest BCUT2D eigenvalue weighted by Crippen LogP contribution is -2.31. The number of rotatable bonds is 7. The summed E-state index contributed by atoms with van der Waals surface area (Å²) in [4.78, 5) is 38.3. The van der Waals surface area contributed by atoms with Gasteiger partial charge in [0.1, 0.15) is 5.75 Å². The van der Waals surface area contributed by atoms with Crippen molar-refractivity contribution in [1.29, 1.82) is 5.26 Å². The van der Waals surface area contributed by atoms with Crippen molar-refractivity contribution < 1.29 is 19.1 Å². The summed E-state index contributed by atoms with van der Waals surface area (Å²) >= 11 is 6.02. The second kappa shape index (κ2) is 10.2. The highest BCUT2D eigenvalue weighted by atomic mass is 35.5. The zero-order valence-corrected chi connectivity index (χ0v) is 18.8. The molecule has 2 amide bonds. The van der Waals surface area contributed by atoms with Crippen LogP contribution in [-0.4, -0.2) is 29.2 Å². The largest absolute Gasteiger partial charge is 0.427 e. The van der Waals surface area contributed by atoms with Gasteiger partial charge in [0, 0.05) is 18.0 Å². The minimum Gasteiger partial charge on any atom is -0.427 e. The molecule has 3 aromatic carbocycles. The maximum absolute atomic E-state index is 12.4. The molecule has 1 aliphatic heterocycles. The summed E-state index contributed by atoms with van der Waals surface area (Å²) in [7, 11) is 0. The highest BCUT2D eigenvalue weighted by Gasteiger charge is 2.34. The lowest BCUT2D eigenvalue weighted by atomic mass is 10.0. The average Bonchev–Trinajstić information content (AvgIpc) is 3.08. The van der Waals surface area contributed by atoms with Gasteiger partial charge in [0.05, 0.1) is 22.8 Å². The molecule has 168 valence electrons. The van der Waals surface area contributed by atoms with E-state index in [1.807, 2.05) is 0 Å². The fraction of sp³-hybridized carbons (Fsp3) is 0.111. The van der Waals surface area contributed by atoms with E-state index in [9.17, 15) is 19.6 Å². The maximum atomic E-state index is 12.4. The molecule has 0 bridgehead atoms. The van der Waals surface area contributed by atoms with Crippen LogP contribution in [0, 0.1) is 11.3 Å². The fourth-order valence-corrected chi connectivity index (χ4v) is 3.87. The van der Waals surface area contributed by atoms with Crippen LogP contribution in [0.4, 0.5) is 0 Å². The smallest absolute Gasteiger partial charge is 0.311 e. The fourth-order valence-electron chi connectivity index (χ4n) is 3.68. The second-order valence-corrected chi connectivity index (χ2v) is 8.07. The number of amides is 2. The predicted molar refractivity (Wildman–Crippen MR) is 128 cm³/mol. The highest BCUT2D eigenvalue weighted by Crippen LogP contribution is 2.24. The first-order valence-electron chi connectivity index (χ1n) is 10.6. The van der Waals surface area contributed by atoms with Crippen molar-refractivity contribution in [3.8, 4) is 11.8 Å². The molecular weight excluding hydrogens is 452 g/mol. The van der Waals surface area contributed by atoms with Crippen LogP contribution >= 0.6 is 11.6 Å². The number of ether oxygens (including phenoxy) is 1. The molecule has 7 heteroatoms. The third-order valence-electron chi connectivity index (χ3n) is 5.30. The van der Waals surface area contributed by atoms with Gasteiger partial charge in [-0.25, -0.2) is 0 Å². The van der Waals surface area contributed by atoms with Crippen LogP contribution in [0.3, 0.4) is 0 Å². The Kier molecular flexibility index (Phi) is 6.86. The molecule has 34 heavy (non-hydrogen) atoms. The Hall–Kier alpha value is -4.21. The van der Waals surface area contributed by atoms with Crippen molar-refractivity contribution in [1.82, 2.24) is 4.90 Å². The quantitative estimate of drug-likeness (QED) is 0.152. The van der Waals surface area contributed by atoms with E-state index in [2.05, 4.69) is 6.07 Å². The summed E-state index contributed by atoms with van der Waals surface area (Å²) in [6.45, 7) is 0.134. The Morgan fingerprint density at radius 2 is 1.68 bits per heavy atom. The van der Waals surface area contributed by atoms with Gasteiger partial charge >= 0.3 is 5.97 Å². The zero-order chi connectivity index (χ0) is 24.1. The number of nitrogens with zero attached hydrogens (tertiary/aromatic N) is 2. The summed E-state index contributed by atoms with van der Waals surface area (Å²) in [5, 5.41) is 10.1. The van der Waals surface area contributed by atoms with E-state index in [0.717, 1.165) is 4.90 Å². The van der Waals surface area contributed by atoms with Crippen molar-refractivity contribution >= 4 is 41.0 Å². The molecular formula is C27H19ClN2O4. The van der Waals surface area contributed by atoms with Crippen LogP contribution in [0.1, 0.15) is 44.7 Å². The van der Waals surface area contributed by atoms with Crippen LogP contribution in [-0.2, 0) is 4.79 Å². The van der Waals surface area contributed by atoms with Gasteiger partial charge in [-0.15, -0.1) is 0 Å². The molecule has 0 saturated heterocycles. The van der Waals surface area contributed by atoms with Crippen molar-refractivity contribution in [2.75, 3.05) is 6.54 Å². The standard InChI is InChI=1S/C27H19ClN2O4/c28-21-8-4-7-19(16-21)20(17-29)14-18-6-3-9-22(15-18)34-25(31)12-5-13-30-26(32)23-10-1-2-11-24(23)27(30)33/h1-4,6-11,14-16H,5,12-13H2/b20-14-. The number of nitriles is 1. The third kappa shape index (κ3) is 5.06. The predicted octanol–water partition coefficient (Wildman–Crippen LogP) is 5.39. The van der Waals surface area contributed by atoms with Crippen LogP contribution in [0.15, 0.2) is 72.8 Å². The Bertz CT molecular complexity index is 1320. The summed E-state index contributed by atoms with van der Waals surface area (Å²) in [6, 6.07) is 22.6. The van der Waals surface area contributed by atoms with Crippen molar-refractivity contribution in [2.45, 2.75) is 12.8 Å². The maximum Gasteiger partial charge on any atom is 0.311 e. The first-order valence-corrected chi connectivity index (χ1v) is 11.0. The van der Waals surface area contributed by atoms with Crippen molar-refractivity contribution in [2.24, 2.45) is 0 Å². The van der Waals surface area contributed by atoms with Gasteiger partial charge in [-0.05, 0) is 60.0 Å². The molecule has 0 radical (unpaired) electrons. The number of halogens is 1. The number of allylic oxidation sites excluding steroid dienone is 1. The molecule has 3 aromatic rings. The second-order valence-electron chi connectivity index (χ2n) is 7.64. The molecule has 6 nitrogen and oxygen atoms in total. The van der Waals surface area contributed by atoms with Gasteiger partial charge in [-0.1, -0.05) is 48.0 Å². The van der Waals surface area contributed by atoms with E-state index < -0.39 is 5.97 Å². The first-order chi connectivity index (χ1) is 16.5. The number of esters is 1. The van der Waals surface area contributed by atoms with Crippen molar-refractivity contribution in [3.05, 3.63) is 100 Å². The zero-order valence-electron chi connectivity index (χ0n) is 18.0.